The molecule has 1 aromatic rings. The van der Waals surface area contributed by atoms with E-state index in [9.17, 15) is 0 Å². The number of hydrogen-bond acceptors (Lipinski definition) is 2. The Hall–Kier alpha value is -1.33. The third-order valence-corrected chi connectivity index (χ3v) is 2.22. The minimum atomic E-state index is 0.322. The lowest BCUT2D eigenvalue weighted by molar-refractivity contribution is 0.570. The fourth-order valence-corrected chi connectivity index (χ4v) is 1.36. The van der Waals surface area contributed by atoms with Crippen molar-refractivity contribution >= 4 is 0 Å². The Morgan fingerprint density at radius 1 is 1.50 bits per heavy atom. The van der Waals surface area contributed by atoms with Gasteiger partial charge in [-0.2, -0.15) is 5.26 Å². The third-order valence-electron chi connectivity index (χ3n) is 2.22. The van der Waals surface area contributed by atoms with Crippen LogP contribution >= 0.6 is 0 Å². The lowest BCUT2D eigenvalue weighted by Crippen LogP contribution is -2.19. The Bertz CT molecular complexity index is 325. The van der Waals surface area contributed by atoms with E-state index >= 15 is 0 Å². The van der Waals surface area contributed by atoms with Crippen molar-refractivity contribution in [3.05, 3.63) is 35.4 Å². The van der Waals surface area contributed by atoms with E-state index in [1.165, 1.54) is 5.56 Å². The van der Waals surface area contributed by atoms with E-state index in [-0.39, 0.29) is 0 Å². The summed E-state index contributed by atoms with van der Waals surface area (Å²) in [6.45, 7) is 5.27. The van der Waals surface area contributed by atoms with Gasteiger partial charge in [0.2, 0.25) is 0 Å². The zero-order valence-electron chi connectivity index (χ0n) is 8.75. The predicted molar refractivity (Wildman–Crippen MR) is 57.9 cm³/mol. The second-order valence-electron chi connectivity index (χ2n) is 3.41. The molecule has 1 N–H and O–H groups in total. The van der Waals surface area contributed by atoms with Gasteiger partial charge < -0.3 is 5.32 Å². The Morgan fingerprint density at radius 3 is 2.93 bits per heavy atom. The van der Waals surface area contributed by atoms with Gasteiger partial charge in [0.1, 0.15) is 0 Å². The molecule has 1 atom stereocenters. The van der Waals surface area contributed by atoms with Crippen molar-refractivity contribution in [2.24, 2.45) is 0 Å². The molecule has 14 heavy (non-hydrogen) atoms. The van der Waals surface area contributed by atoms with E-state index in [0.29, 0.717) is 6.04 Å². The van der Waals surface area contributed by atoms with Crippen LogP contribution in [0.15, 0.2) is 24.3 Å². The summed E-state index contributed by atoms with van der Waals surface area (Å²) in [6.07, 6.45) is 1.13. The zero-order chi connectivity index (χ0) is 10.4. The molecular formula is C12H16N2. The zero-order valence-corrected chi connectivity index (χ0v) is 8.75. The van der Waals surface area contributed by atoms with E-state index < -0.39 is 0 Å². The van der Waals surface area contributed by atoms with Gasteiger partial charge in [-0.25, -0.2) is 0 Å². The van der Waals surface area contributed by atoms with Crippen molar-refractivity contribution in [3.8, 4) is 6.07 Å². The van der Waals surface area contributed by atoms with Gasteiger partial charge in [-0.05, 0) is 37.6 Å². The Morgan fingerprint density at radius 2 is 2.29 bits per heavy atom. The molecule has 1 aromatic carbocycles. The van der Waals surface area contributed by atoms with Gasteiger partial charge in [-0.1, -0.05) is 19.1 Å². The Balaban J connectivity index is 2.70. The van der Waals surface area contributed by atoms with Crippen LogP contribution in [0.4, 0.5) is 0 Å². The Kier molecular flexibility index (Phi) is 4.15. The Labute approximate surface area is 85.6 Å². The number of hydrogen-bond donors (Lipinski definition) is 1. The van der Waals surface area contributed by atoms with Gasteiger partial charge in [0.15, 0.2) is 0 Å². The summed E-state index contributed by atoms with van der Waals surface area (Å²) in [4.78, 5) is 0. The average molecular weight is 188 g/mol. The van der Waals surface area contributed by atoms with E-state index in [1.807, 2.05) is 24.3 Å². The first-order chi connectivity index (χ1) is 6.77. The van der Waals surface area contributed by atoms with Crippen molar-refractivity contribution in [1.29, 1.82) is 5.26 Å². The highest BCUT2D eigenvalue weighted by molar-refractivity contribution is 5.33. The second-order valence-corrected chi connectivity index (χ2v) is 3.41. The first kappa shape index (κ1) is 10.7. The molecule has 2 nitrogen and oxygen atoms in total. The molecule has 0 saturated carbocycles. The molecule has 0 aliphatic heterocycles. The van der Waals surface area contributed by atoms with Crippen molar-refractivity contribution in [1.82, 2.24) is 5.32 Å². The molecule has 2 heteroatoms. The van der Waals surface area contributed by atoms with Gasteiger partial charge in [-0.3, -0.25) is 0 Å². The van der Waals surface area contributed by atoms with Crippen LogP contribution in [0.3, 0.4) is 0 Å². The van der Waals surface area contributed by atoms with Crippen LogP contribution in [-0.4, -0.2) is 6.54 Å². The molecule has 0 aromatic heterocycles. The summed E-state index contributed by atoms with van der Waals surface area (Å²) in [5.41, 5.74) is 1.91. The molecule has 0 fully saturated rings. The fourth-order valence-electron chi connectivity index (χ4n) is 1.36. The highest BCUT2D eigenvalue weighted by Gasteiger charge is 2.03. The van der Waals surface area contributed by atoms with Crippen LogP contribution in [0, 0.1) is 11.3 Å². The van der Waals surface area contributed by atoms with Gasteiger partial charge in [0.05, 0.1) is 11.6 Å². The van der Waals surface area contributed by atoms with E-state index in [4.69, 9.17) is 5.26 Å². The smallest absolute Gasteiger partial charge is 0.0991 e. The summed E-state index contributed by atoms with van der Waals surface area (Å²) >= 11 is 0. The molecule has 0 radical (unpaired) electrons. The number of nitriles is 1. The lowest BCUT2D eigenvalue weighted by atomic mass is 10.1. The van der Waals surface area contributed by atoms with Crippen LogP contribution in [0.2, 0.25) is 0 Å². The molecule has 0 amide bonds. The van der Waals surface area contributed by atoms with Crippen molar-refractivity contribution in [3.63, 3.8) is 0 Å². The monoisotopic (exact) mass is 188 g/mol. The highest BCUT2D eigenvalue weighted by Crippen LogP contribution is 2.13. The molecule has 0 aliphatic rings. The predicted octanol–water partition coefficient (Wildman–Crippen LogP) is 2.62. The summed E-state index contributed by atoms with van der Waals surface area (Å²) < 4.78 is 0. The maximum atomic E-state index is 8.75. The number of benzene rings is 1. The topological polar surface area (TPSA) is 35.8 Å². The van der Waals surface area contributed by atoms with Crippen LogP contribution in [-0.2, 0) is 0 Å². The largest absolute Gasteiger partial charge is 0.310 e. The van der Waals surface area contributed by atoms with Gasteiger partial charge in [-0.15, -0.1) is 0 Å². The van der Waals surface area contributed by atoms with Crippen molar-refractivity contribution < 1.29 is 0 Å². The average Bonchev–Trinajstić information content (AvgIpc) is 2.26. The molecular weight excluding hydrogens is 172 g/mol. The molecule has 0 heterocycles. The molecule has 0 unspecified atom stereocenters. The maximum Gasteiger partial charge on any atom is 0.0991 e. The molecule has 74 valence electrons. The highest BCUT2D eigenvalue weighted by atomic mass is 14.9. The van der Waals surface area contributed by atoms with Crippen LogP contribution in [0.1, 0.15) is 37.4 Å². The minimum Gasteiger partial charge on any atom is -0.310 e. The third kappa shape index (κ3) is 2.86. The lowest BCUT2D eigenvalue weighted by Gasteiger charge is -2.13. The summed E-state index contributed by atoms with van der Waals surface area (Å²) in [7, 11) is 0. The minimum absolute atomic E-state index is 0.322. The van der Waals surface area contributed by atoms with Crippen molar-refractivity contribution in [2.45, 2.75) is 26.3 Å². The van der Waals surface area contributed by atoms with E-state index in [0.717, 1.165) is 18.5 Å². The molecule has 0 saturated heterocycles. The first-order valence-electron chi connectivity index (χ1n) is 5.01. The number of rotatable bonds is 4. The summed E-state index contributed by atoms with van der Waals surface area (Å²) in [5, 5.41) is 12.1. The SMILES string of the molecule is CCCN[C@@H](C)c1cccc(C#N)c1. The molecule has 0 bridgehead atoms. The summed E-state index contributed by atoms with van der Waals surface area (Å²) in [5.74, 6) is 0. The normalized spacial score (nSPS) is 12.1. The molecule has 0 spiro atoms. The van der Waals surface area contributed by atoms with Crippen molar-refractivity contribution in [2.75, 3.05) is 6.54 Å². The molecule has 1 rings (SSSR count). The van der Waals surface area contributed by atoms with Gasteiger partial charge >= 0.3 is 0 Å². The molecule has 0 aliphatic carbocycles. The van der Waals surface area contributed by atoms with Crippen LogP contribution < -0.4 is 5.32 Å². The van der Waals surface area contributed by atoms with E-state index in [2.05, 4.69) is 25.2 Å². The number of nitrogens with zero attached hydrogens (tertiary/aromatic N) is 1. The maximum absolute atomic E-state index is 8.75. The standard InChI is InChI=1S/C12H16N2/c1-3-7-14-10(2)12-6-4-5-11(8-12)9-13/h4-6,8,10,14H,3,7H2,1-2H3/t10-/m0/s1. The van der Waals surface area contributed by atoms with E-state index in [1.54, 1.807) is 0 Å². The quantitative estimate of drug-likeness (QED) is 0.788. The second kappa shape index (κ2) is 5.41. The van der Waals surface area contributed by atoms with Crippen LogP contribution in [0.25, 0.3) is 0 Å². The number of nitrogens with one attached hydrogen (secondary N) is 1. The first-order valence-corrected chi connectivity index (χ1v) is 5.01. The fraction of sp³-hybridized carbons (Fsp3) is 0.417. The summed E-state index contributed by atoms with van der Waals surface area (Å²) in [6, 6.07) is 10.2. The van der Waals surface area contributed by atoms with Gasteiger partial charge in [0, 0.05) is 6.04 Å². The van der Waals surface area contributed by atoms with Crippen LogP contribution in [0.5, 0.6) is 0 Å². The van der Waals surface area contributed by atoms with Gasteiger partial charge in [0.25, 0.3) is 0 Å².